The van der Waals surface area contributed by atoms with E-state index in [1.807, 2.05) is 39.0 Å². The van der Waals surface area contributed by atoms with Crippen LogP contribution in [0.15, 0.2) is 36.4 Å². The van der Waals surface area contributed by atoms with Gasteiger partial charge in [-0.3, -0.25) is 14.9 Å². The average molecular weight is 312 g/mol. The van der Waals surface area contributed by atoms with Crippen molar-refractivity contribution in [2.45, 2.75) is 33.7 Å². The number of nitro groups is 1. The van der Waals surface area contributed by atoms with Crippen molar-refractivity contribution in [2.24, 2.45) is 0 Å². The van der Waals surface area contributed by atoms with E-state index in [4.69, 9.17) is 0 Å². The van der Waals surface area contributed by atoms with E-state index in [1.54, 1.807) is 19.1 Å². The van der Waals surface area contributed by atoms with Crippen molar-refractivity contribution in [3.05, 3.63) is 74.3 Å². The molecular weight excluding hydrogens is 292 g/mol. The summed E-state index contributed by atoms with van der Waals surface area (Å²) in [5.74, 6) is -0.318. The number of nitro benzene ring substituents is 1. The van der Waals surface area contributed by atoms with Crippen molar-refractivity contribution in [1.29, 1.82) is 0 Å². The van der Waals surface area contributed by atoms with Crippen molar-refractivity contribution in [1.82, 2.24) is 5.32 Å². The van der Waals surface area contributed by atoms with Crippen LogP contribution in [-0.2, 0) is 0 Å². The first kappa shape index (κ1) is 16.7. The van der Waals surface area contributed by atoms with E-state index in [9.17, 15) is 14.9 Å². The van der Waals surface area contributed by atoms with E-state index < -0.39 is 4.92 Å². The second kappa shape index (κ2) is 6.60. The van der Waals surface area contributed by atoms with Gasteiger partial charge in [0.1, 0.15) is 0 Å². The van der Waals surface area contributed by atoms with Crippen LogP contribution in [0.25, 0.3) is 0 Å². The molecule has 2 aromatic rings. The molecule has 2 aromatic carbocycles. The summed E-state index contributed by atoms with van der Waals surface area (Å²) in [6.45, 7) is 7.55. The normalized spacial score (nSPS) is 11.8. The lowest BCUT2D eigenvalue weighted by Crippen LogP contribution is -2.27. The van der Waals surface area contributed by atoms with Gasteiger partial charge in [-0.25, -0.2) is 0 Å². The summed E-state index contributed by atoms with van der Waals surface area (Å²) in [5.41, 5.74) is 4.04. The molecule has 0 aromatic heterocycles. The lowest BCUT2D eigenvalue weighted by atomic mass is 9.99. The second-order valence-electron chi connectivity index (χ2n) is 5.81. The first-order chi connectivity index (χ1) is 10.8. The zero-order valence-electron chi connectivity index (χ0n) is 13.7. The largest absolute Gasteiger partial charge is 0.346 e. The van der Waals surface area contributed by atoms with Crippen LogP contribution < -0.4 is 5.32 Å². The minimum absolute atomic E-state index is 0.0444. The third-order valence-corrected chi connectivity index (χ3v) is 3.92. The number of carbonyl (C=O) groups excluding carboxylic acids is 1. The number of rotatable bonds is 4. The van der Waals surface area contributed by atoms with Crippen LogP contribution in [0.3, 0.4) is 0 Å². The molecule has 0 saturated heterocycles. The third kappa shape index (κ3) is 3.74. The van der Waals surface area contributed by atoms with E-state index in [1.165, 1.54) is 6.07 Å². The summed E-state index contributed by atoms with van der Waals surface area (Å²) >= 11 is 0. The van der Waals surface area contributed by atoms with Gasteiger partial charge >= 0.3 is 0 Å². The Balaban J connectivity index is 2.23. The highest BCUT2D eigenvalue weighted by atomic mass is 16.6. The van der Waals surface area contributed by atoms with Crippen LogP contribution in [-0.4, -0.2) is 10.8 Å². The number of benzene rings is 2. The maximum absolute atomic E-state index is 12.4. The maximum Gasteiger partial charge on any atom is 0.273 e. The number of hydrogen-bond donors (Lipinski definition) is 1. The van der Waals surface area contributed by atoms with Gasteiger partial charge in [-0.1, -0.05) is 29.8 Å². The van der Waals surface area contributed by atoms with Crippen molar-refractivity contribution < 1.29 is 9.72 Å². The molecule has 0 radical (unpaired) electrons. The first-order valence-electron chi connectivity index (χ1n) is 7.42. The van der Waals surface area contributed by atoms with E-state index in [0.717, 1.165) is 16.7 Å². The van der Waals surface area contributed by atoms with Gasteiger partial charge in [0.05, 0.1) is 11.0 Å². The second-order valence-corrected chi connectivity index (χ2v) is 5.81. The first-order valence-corrected chi connectivity index (χ1v) is 7.42. The van der Waals surface area contributed by atoms with Gasteiger partial charge in [0.2, 0.25) is 0 Å². The van der Waals surface area contributed by atoms with Crippen LogP contribution in [0.2, 0.25) is 0 Å². The highest BCUT2D eigenvalue weighted by Gasteiger charge is 2.17. The molecule has 1 unspecified atom stereocenters. The predicted molar refractivity (Wildman–Crippen MR) is 89.6 cm³/mol. The fourth-order valence-corrected chi connectivity index (χ4v) is 2.53. The number of aryl methyl sites for hydroxylation is 3. The summed E-state index contributed by atoms with van der Waals surface area (Å²) in [7, 11) is 0. The minimum atomic E-state index is -0.472. The Morgan fingerprint density at radius 1 is 1.09 bits per heavy atom. The number of carbonyl (C=O) groups is 1. The van der Waals surface area contributed by atoms with Gasteiger partial charge in [0.25, 0.3) is 11.6 Å². The van der Waals surface area contributed by atoms with Crippen LogP contribution in [0.4, 0.5) is 5.69 Å². The molecule has 1 amide bonds. The van der Waals surface area contributed by atoms with Gasteiger partial charge in [0, 0.05) is 17.2 Å². The van der Waals surface area contributed by atoms with Gasteiger partial charge in [-0.05, 0) is 44.9 Å². The smallest absolute Gasteiger partial charge is 0.273 e. The molecule has 0 spiro atoms. The Bertz CT molecular complexity index is 769. The van der Waals surface area contributed by atoms with Crippen LogP contribution >= 0.6 is 0 Å². The van der Waals surface area contributed by atoms with Gasteiger partial charge < -0.3 is 5.32 Å². The fraction of sp³-hybridized carbons (Fsp3) is 0.278. The highest BCUT2D eigenvalue weighted by Crippen LogP contribution is 2.22. The molecule has 0 heterocycles. The lowest BCUT2D eigenvalue weighted by Gasteiger charge is -2.17. The maximum atomic E-state index is 12.4. The summed E-state index contributed by atoms with van der Waals surface area (Å²) in [5, 5.41) is 13.9. The molecule has 5 nitrogen and oxygen atoms in total. The van der Waals surface area contributed by atoms with Gasteiger partial charge in [-0.15, -0.1) is 0 Å². The molecule has 120 valence electrons. The molecular formula is C18H20N2O3. The van der Waals surface area contributed by atoms with Crippen molar-refractivity contribution in [2.75, 3.05) is 0 Å². The summed E-state index contributed by atoms with van der Waals surface area (Å²) in [6, 6.07) is 10.4. The summed E-state index contributed by atoms with van der Waals surface area (Å²) in [6.07, 6.45) is 0. The molecule has 0 aliphatic carbocycles. The fourth-order valence-electron chi connectivity index (χ4n) is 2.53. The van der Waals surface area contributed by atoms with Crippen LogP contribution in [0.5, 0.6) is 0 Å². The average Bonchev–Trinajstić information content (AvgIpc) is 2.49. The SMILES string of the molecule is Cc1ccc(C)c(C(C)NC(=O)c2ccc(C)c([N+](=O)[O-])c2)c1. The molecule has 0 fully saturated rings. The van der Waals surface area contributed by atoms with Gasteiger partial charge in [0.15, 0.2) is 0 Å². The summed E-state index contributed by atoms with van der Waals surface area (Å²) < 4.78 is 0. The predicted octanol–water partition coefficient (Wildman–Crippen LogP) is 4.01. The van der Waals surface area contributed by atoms with E-state index in [-0.39, 0.29) is 17.6 Å². The van der Waals surface area contributed by atoms with Crippen molar-refractivity contribution in [3.63, 3.8) is 0 Å². The molecule has 0 aliphatic heterocycles. The molecule has 0 saturated carbocycles. The minimum Gasteiger partial charge on any atom is -0.346 e. The van der Waals surface area contributed by atoms with E-state index >= 15 is 0 Å². The molecule has 1 N–H and O–H groups in total. The molecule has 0 aliphatic rings. The van der Waals surface area contributed by atoms with Crippen molar-refractivity contribution in [3.8, 4) is 0 Å². The zero-order chi connectivity index (χ0) is 17.1. The Morgan fingerprint density at radius 2 is 1.74 bits per heavy atom. The lowest BCUT2D eigenvalue weighted by molar-refractivity contribution is -0.385. The Hall–Kier alpha value is -2.69. The highest BCUT2D eigenvalue weighted by molar-refractivity contribution is 5.95. The van der Waals surface area contributed by atoms with E-state index in [0.29, 0.717) is 11.1 Å². The number of nitrogens with one attached hydrogen (secondary N) is 1. The Kier molecular flexibility index (Phi) is 4.79. The van der Waals surface area contributed by atoms with Crippen LogP contribution in [0.1, 0.15) is 45.6 Å². The standard InChI is InChI=1S/C18H20N2O3/c1-11-5-6-12(2)16(9-11)14(4)19-18(21)15-8-7-13(3)17(10-15)20(22)23/h5-10,14H,1-4H3,(H,19,21). The van der Waals surface area contributed by atoms with E-state index in [2.05, 4.69) is 5.32 Å². The molecule has 0 bridgehead atoms. The Morgan fingerprint density at radius 3 is 2.39 bits per heavy atom. The zero-order valence-corrected chi connectivity index (χ0v) is 13.7. The topological polar surface area (TPSA) is 72.2 Å². The molecule has 1 atom stereocenters. The van der Waals surface area contributed by atoms with Crippen molar-refractivity contribution >= 4 is 11.6 Å². The Labute approximate surface area is 135 Å². The quantitative estimate of drug-likeness (QED) is 0.685. The number of hydrogen-bond acceptors (Lipinski definition) is 3. The number of nitrogens with zero attached hydrogens (tertiary/aromatic N) is 1. The van der Waals surface area contributed by atoms with Gasteiger partial charge in [-0.2, -0.15) is 0 Å². The molecule has 23 heavy (non-hydrogen) atoms. The molecule has 2 rings (SSSR count). The molecule has 5 heteroatoms. The van der Waals surface area contributed by atoms with Crippen LogP contribution in [0, 0.1) is 30.9 Å². The number of amides is 1. The summed E-state index contributed by atoms with van der Waals surface area (Å²) in [4.78, 5) is 22.9. The third-order valence-electron chi connectivity index (χ3n) is 3.92. The monoisotopic (exact) mass is 312 g/mol.